The zero-order valence-electron chi connectivity index (χ0n) is 17.2. The Kier molecular flexibility index (Phi) is 6.46. The summed E-state index contributed by atoms with van der Waals surface area (Å²) >= 11 is 0. The molecule has 3 aromatic carbocycles. The van der Waals surface area contributed by atoms with Crippen LogP contribution in [0.5, 0.6) is 0 Å². The van der Waals surface area contributed by atoms with Gasteiger partial charge >= 0.3 is 6.09 Å². The number of fused-ring (bicyclic) bond motifs is 1. The van der Waals surface area contributed by atoms with Crippen LogP contribution in [0.4, 0.5) is 14.9 Å². The number of nitrogens with one attached hydrogen (secondary N) is 3. The number of para-hydroxylation sites is 2. The first kappa shape index (κ1) is 21.1. The summed E-state index contributed by atoms with van der Waals surface area (Å²) in [7, 11) is 0. The fraction of sp³-hybridized carbons (Fsp3) is 0.120. The molecule has 0 spiro atoms. The molecular weight excluding hydrogens is 409 g/mol. The Bertz CT molecular complexity index is 1220. The number of aromatic amines is 1. The number of H-pyrrole nitrogens is 1. The first-order valence-electron chi connectivity index (χ1n) is 10.2. The molecule has 0 fully saturated rings. The van der Waals surface area contributed by atoms with Crippen LogP contribution in [-0.4, -0.2) is 23.0 Å². The molecule has 1 heterocycles. The molecule has 7 heteroatoms. The molecule has 6 nitrogen and oxygen atoms in total. The van der Waals surface area contributed by atoms with Crippen molar-refractivity contribution in [3.8, 4) is 0 Å². The third kappa shape index (κ3) is 5.13. The summed E-state index contributed by atoms with van der Waals surface area (Å²) in [6.07, 6.45) is 1.26. The van der Waals surface area contributed by atoms with Crippen LogP contribution in [0, 0.1) is 5.82 Å². The van der Waals surface area contributed by atoms with E-state index in [9.17, 15) is 14.0 Å². The van der Waals surface area contributed by atoms with Crippen LogP contribution in [-0.2, 0) is 22.6 Å². The zero-order valence-corrected chi connectivity index (χ0v) is 17.2. The van der Waals surface area contributed by atoms with Crippen molar-refractivity contribution in [3.05, 3.63) is 102 Å². The second-order valence-electron chi connectivity index (χ2n) is 7.29. The molecule has 0 saturated heterocycles. The van der Waals surface area contributed by atoms with E-state index in [-0.39, 0.29) is 18.7 Å². The minimum absolute atomic E-state index is 0.0425. The summed E-state index contributed by atoms with van der Waals surface area (Å²) in [6, 6.07) is 21.8. The molecule has 3 N–H and O–H groups in total. The van der Waals surface area contributed by atoms with Gasteiger partial charge in [0.05, 0.1) is 5.69 Å². The van der Waals surface area contributed by atoms with Crippen molar-refractivity contribution in [2.24, 2.45) is 0 Å². The molecule has 0 radical (unpaired) electrons. The van der Waals surface area contributed by atoms with Crippen molar-refractivity contribution in [3.63, 3.8) is 0 Å². The fourth-order valence-corrected chi connectivity index (χ4v) is 3.42. The summed E-state index contributed by atoms with van der Waals surface area (Å²) in [5.74, 6) is -1.10. The molecule has 4 rings (SSSR count). The Balaban J connectivity index is 1.50. The molecule has 4 aromatic rings. The number of alkyl carbamates (subject to hydrolysis) is 1. The highest BCUT2D eigenvalue weighted by Crippen LogP contribution is 2.20. The van der Waals surface area contributed by atoms with Gasteiger partial charge in [-0.25, -0.2) is 9.18 Å². The number of ether oxygens (including phenoxy) is 1. The number of hydrogen-bond acceptors (Lipinski definition) is 3. The van der Waals surface area contributed by atoms with Gasteiger partial charge in [-0.1, -0.05) is 60.7 Å². The first-order valence-corrected chi connectivity index (χ1v) is 10.2. The number of aromatic nitrogens is 1. The minimum atomic E-state index is -0.975. The van der Waals surface area contributed by atoms with Crippen LogP contribution in [0.25, 0.3) is 10.9 Å². The zero-order chi connectivity index (χ0) is 22.3. The van der Waals surface area contributed by atoms with E-state index in [0.29, 0.717) is 0 Å². The fourth-order valence-electron chi connectivity index (χ4n) is 3.42. The van der Waals surface area contributed by atoms with Crippen molar-refractivity contribution in [1.29, 1.82) is 0 Å². The van der Waals surface area contributed by atoms with Crippen LogP contribution in [0.15, 0.2) is 85.1 Å². The van der Waals surface area contributed by atoms with Gasteiger partial charge in [0.1, 0.15) is 18.5 Å². The standard InChI is InChI=1S/C25H22FN3O3/c26-20-11-5-7-13-22(20)28-24(30)23(14-18-15-27-21-12-6-4-10-19(18)21)29-25(31)32-16-17-8-2-1-3-9-17/h1-13,15,23,27H,14,16H2,(H,28,30)(H,29,31)/t23-/m0/s1. The summed E-state index contributed by atoms with van der Waals surface area (Å²) < 4.78 is 19.3. The third-order valence-corrected chi connectivity index (χ3v) is 5.05. The maximum absolute atomic E-state index is 14.0. The molecule has 1 aromatic heterocycles. The van der Waals surface area contributed by atoms with E-state index in [1.165, 1.54) is 18.2 Å². The molecule has 2 amide bonds. The largest absolute Gasteiger partial charge is 0.445 e. The van der Waals surface area contributed by atoms with Gasteiger partial charge in [-0.2, -0.15) is 0 Å². The second-order valence-corrected chi connectivity index (χ2v) is 7.29. The average Bonchev–Trinajstić information content (AvgIpc) is 3.22. The molecular formula is C25H22FN3O3. The minimum Gasteiger partial charge on any atom is -0.445 e. The summed E-state index contributed by atoms with van der Waals surface area (Å²) in [5.41, 5.74) is 2.63. The normalized spacial score (nSPS) is 11.7. The highest BCUT2D eigenvalue weighted by Gasteiger charge is 2.24. The molecule has 0 aliphatic carbocycles. The molecule has 0 unspecified atom stereocenters. The van der Waals surface area contributed by atoms with E-state index in [4.69, 9.17) is 4.74 Å². The Hall–Kier alpha value is -4.13. The van der Waals surface area contributed by atoms with Crippen molar-refractivity contribution < 1.29 is 18.7 Å². The number of hydrogen-bond donors (Lipinski definition) is 3. The predicted molar refractivity (Wildman–Crippen MR) is 121 cm³/mol. The molecule has 0 aliphatic rings. The van der Waals surface area contributed by atoms with Crippen molar-refractivity contribution in [2.75, 3.05) is 5.32 Å². The Labute approximate surface area is 184 Å². The van der Waals surface area contributed by atoms with Crippen LogP contribution >= 0.6 is 0 Å². The van der Waals surface area contributed by atoms with Gasteiger partial charge in [-0.3, -0.25) is 4.79 Å². The number of rotatable bonds is 7. The quantitative estimate of drug-likeness (QED) is 0.394. The third-order valence-electron chi connectivity index (χ3n) is 5.05. The topological polar surface area (TPSA) is 83.2 Å². The Morgan fingerprint density at radius 2 is 1.66 bits per heavy atom. The SMILES string of the molecule is O=C(N[C@@H](Cc1c[nH]c2ccccc12)C(=O)Nc1ccccc1F)OCc1ccccc1. The average molecular weight is 431 g/mol. The van der Waals surface area contributed by atoms with Gasteiger partial charge < -0.3 is 20.4 Å². The van der Waals surface area contributed by atoms with Crippen LogP contribution < -0.4 is 10.6 Å². The van der Waals surface area contributed by atoms with E-state index in [1.54, 1.807) is 12.3 Å². The highest BCUT2D eigenvalue weighted by molar-refractivity contribution is 5.97. The Morgan fingerprint density at radius 3 is 2.47 bits per heavy atom. The number of anilines is 1. The van der Waals surface area contributed by atoms with Crippen LogP contribution in [0.1, 0.15) is 11.1 Å². The highest BCUT2D eigenvalue weighted by atomic mass is 19.1. The van der Waals surface area contributed by atoms with Gasteiger partial charge in [0.2, 0.25) is 5.91 Å². The van der Waals surface area contributed by atoms with E-state index in [2.05, 4.69) is 15.6 Å². The molecule has 0 aliphatic heterocycles. The van der Waals surface area contributed by atoms with Crippen molar-refractivity contribution >= 4 is 28.6 Å². The van der Waals surface area contributed by atoms with Crippen molar-refractivity contribution in [1.82, 2.24) is 10.3 Å². The van der Waals surface area contributed by atoms with E-state index in [1.807, 2.05) is 54.6 Å². The lowest BCUT2D eigenvalue weighted by Crippen LogP contribution is -2.45. The molecule has 0 saturated carbocycles. The lowest BCUT2D eigenvalue weighted by Gasteiger charge is -2.18. The first-order chi connectivity index (χ1) is 15.6. The van der Waals surface area contributed by atoms with Gasteiger partial charge in [-0.05, 0) is 29.3 Å². The van der Waals surface area contributed by atoms with Gasteiger partial charge in [0, 0.05) is 23.5 Å². The number of carbonyl (C=O) groups excluding carboxylic acids is 2. The summed E-state index contributed by atoms with van der Waals surface area (Å²) in [5, 5.41) is 6.12. The molecule has 162 valence electrons. The maximum atomic E-state index is 14.0. The van der Waals surface area contributed by atoms with E-state index < -0.39 is 23.9 Å². The van der Waals surface area contributed by atoms with Crippen LogP contribution in [0.2, 0.25) is 0 Å². The Morgan fingerprint density at radius 1 is 0.938 bits per heavy atom. The number of halogens is 1. The molecule has 32 heavy (non-hydrogen) atoms. The van der Waals surface area contributed by atoms with E-state index in [0.717, 1.165) is 22.0 Å². The van der Waals surface area contributed by atoms with Crippen molar-refractivity contribution in [2.45, 2.75) is 19.1 Å². The number of benzene rings is 3. The summed E-state index contributed by atoms with van der Waals surface area (Å²) in [4.78, 5) is 28.6. The lowest BCUT2D eigenvalue weighted by atomic mass is 10.0. The predicted octanol–water partition coefficient (Wildman–Crippen LogP) is 4.78. The van der Waals surface area contributed by atoms with Crippen LogP contribution in [0.3, 0.4) is 0 Å². The maximum Gasteiger partial charge on any atom is 0.408 e. The molecule has 0 bridgehead atoms. The lowest BCUT2D eigenvalue weighted by molar-refractivity contribution is -0.118. The smallest absolute Gasteiger partial charge is 0.408 e. The molecule has 1 atom stereocenters. The van der Waals surface area contributed by atoms with Gasteiger partial charge in [0.25, 0.3) is 0 Å². The van der Waals surface area contributed by atoms with Gasteiger partial charge in [-0.15, -0.1) is 0 Å². The second kappa shape index (κ2) is 9.78. The number of carbonyl (C=O) groups is 2. The monoisotopic (exact) mass is 431 g/mol. The number of amides is 2. The van der Waals surface area contributed by atoms with E-state index >= 15 is 0 Å². The van der Waals surface area contributed by atoms with Gasteiger partial charge in [0.15, 0.2) is 0 Å². The summed E-state index contributed by atoms with van der Waals surface area (Å²) in [6.45, 7) is 0.0708.